The second kappa shape index (κ2) is 7.71. The van der Waals surface area contributed by atoms with Crippen molar-refractivity contribution in [2.75, 3.05) is 6.61 Å². The predicted molar refractivity (Wildman–Crippen MR) is 114 cm³/mol. The number of ketones is 1. The molecular weight excluding hydrogens is 376 g/mol. The summed E-state index contributed by atoms with van der Waals surface area (Å²) in [5, 5.41) is 5.47. The molecule has 1 aliphatic heterocycles. The number of rotatable bonds is 5. The molecule has 0 fully saturated rings. The van der Waals surface area contributed by atoms with E-state index in [1.165, 1.54) is 0 Å². The Morgan fingerprint density at radius 1 is 1.17 bits per heavy atom. The minimum atomic E-state index is 0.195. The van der Waals surface area contributed by atoms with Crippen LogP contribution in [0.3, 0.4) is 0 Å². The number of para-hydroxylation sites is 1. The lowest BCUT2D eigenvalue weighted by Crippen LogP contribution is -2.18. The highest BCUT2D eigenvalue weighted by molar-refractivity contribution is 5.84. The third kappa shape index (κ3) is 3.56. The maximum absolute atomic E-state index is 12.8. The molecule has 0 radical (unpaired) electrons. The topological polar surface area (TPSA) is 69.9 Å². The highest BCUT2D eigenvalue weighted by Gasteiger charge is 2.23. The Morgan fingerprint density at radius 2 is 2.07 bits per heavy atom. The van der Waals surface area contributed by atoms with Gasteiger partial charge in [0.05, 0.1) is 30.2 Å². The fourth-order valence-electron chi connectivity index (χ4n) is 4.11. The number of benzene rings is 1. The van der Waals surface area contributed by atoms with Crippen molar-refractivity contribution >= 4 is 16.7 Å². The fraction of sp³-hybridized carbons (Fsp3) is 0.250. The number of Topliss-reactive ketones (excluding diaryl/α,β-unsaturated/α-hetero) is 1. The summed E-state index contributed by atoms with van der Waals surface area (Å²) in [6.07, 6.45) is 7.09. The highest BCUT2D eigenvalue weighted by Crippen LogP contribution is 2.35. The van der Waals surface area contributed by atoms with Crippen molar-refractivity contribution in [3.05, 3.63) is 78.0 Å². The van der Waals surface area contributed by atoms with Crippen LogP contribution in [0.1, 0.15) is 35.7 Å². The molecule has 0 aliphatic carbocycles. The van der Waals surface area contributed by atoms with Crippen molar-refractivity contribution in [2.45, 2.75) is 32.1 Å². The van der Waals surface area contributed by atoms with Gasteiger partial charge in [-0.25, -0.2) is 4.68 Å². The molecular formula is C24H22N4O2. The van der Waals surface area contributed by atoms with Crippen molar-refractivity contribution in [3.8, 4) is 11.4 Å². The fourth-order valence-corrected chi connectivity index (χ4v) is 4.11. The Balaban J connectivity index is 1.33. The van der Waals surface area contributed by atoms with E-state index in [-0.39, 0.29) is 11.7 Å². The van der Waals surface area contributed by atoms with Gasteiger partial charge in [0.15, 0.2) is 0 Å². The van der Waals surface area contributed by atoms with Crippen LogP contribution in [-0.2, 0) is 11.2 Å². The third-order valence-corrected chi connectivity index (χ3v) is 5.57. The van der Waals surface area contributed by atoms with Gasteiger partial charge in [-0.3, -0.25) is 14.8 Å². The van der Waals surface area contributed by atoms with Gasteiger partial charge in [0.1, 0.15) is 11.5 Å². The number of hydrogen-bond donors (Lipinski definition) is 0. The summed E-state index contributed by atoms with van der Waals surface area (Å²) in [4.78, 5) is 21.6. The van der Waals surface area contributed by atoms with Crippen LogP contribution in [0.15, 0.2) is 61.1 Å². The van der Waals surface area contributed by atoms with E-state index in [0.717, 1.165) is 45.7 Å². The van der Waals surface area contributed by atoms with E-state index >= 15 is 0 Å². The zero-order valence-electron chi connectivity index (χ0n) is 16.8. The van der Waals surface area contributed by atoms with Gasteiger partial charge in [0.25, 0.3) is 0 Å². The Morgan fingerprint density at radius 3 is 2.97 bits per heavy atom. The quantitative estimate of drug-likeness (QED) is 0.504. The first-order chi connectivity index (χ1) is 14.7. The second-order valence-corrected chi connectivity index (χ2v) is 7.74. The smallest absolute Gasteiger partial charge is 0.139 e. The molecule has 1 aliphatic rings. The molecule has 150 valence electrons. The lowest BCUT2D eigenvalue weighted by Gasteiger charge is -2.25. The Bertz CT molecular complexity index is 1230. The zero-order valence-corrected chi connectivity index (χ0v) is 16.8. The van der Waals surface area contributed by atoms with E-state index in [1.54, 1.807) is 12.4 Å². The third-order valence-electron chi connectivity index (χ3n) is 5.57. The summed E-state index contributed by atoms with van der Waals surface area (Å²) in [5.74, 6) is 1.31. The number of fused-ring (bicyclic) bond motifs is 2. The summed E-state index contributed by atoms with van der Waals surface area (Å²) < 4.78 is 7.56. The first-order valence-corrected chi connectivity index (χ1v) is 10.2. The van der Waals surface area contributed by atoms with E-state index in [2.05, 4.69) is 21.1 Å². The minimum Gasteiger partial charge on any atom is -0.493 e. The van der Waals surface area contributed by atoms with Gasteiger partial charge >= 0.3 is 0 Å². The predicted octanol–water partition coefficient (Wildman–Crippen LogP) is 4.19. The molecule has 0 saturated carbocycles. The van der Waals surface area contributed by atoms with Crippen molar-refractivity contribution in [2.24, 2.45) is 0 Å². The molecule has 30 heavy (non-hydrogen) atoms. The van der Waals surface area contributed by atoms with Gasteiger partial charge in [-0.15, -0.1) is 0 Å². The van der Waals surface area contributed by atoms with Gasteiger partial charge in [0, 0.05) is 35.8 Å². The number of carbonyl (C=O) groups excluding carboxylic acids is 1. The molecule has 0 saturated heterocycles. The average molecular weight is 398 g/mol. The van der Waals surface area contributed by atoms with Crippen LogP contribution in [0, 0.1) is 6.92 Å². The normalized spacial score (nSPS) is 15.6. The van der Waals surface area contributed by atoms with Crippen LogP contribution in [-0.4, -0.2) is 32.1 Å². The lowest BCUT2D eigenvalue weighted by molar-refractivity contribution is -0.119. The highest BCUT2D eigenvalue weighted by atomic mass is 16.5. The first kappa shape index (κ1) is 18.5. The molecule has 4 aromatic rings. The Kier molecular flexibility index (Phi) is 4.75. The molecule has 1 unspecified atom stereocenters. The van der Waals surface area contributed by atoms with Crippen LogP contribution in [0.2, 0.25) is 0 Å². The van der Waals surface area contributed by atoms with E-state index in [1.807, 2.05) is 54.2 Å². The summed E-state index contributed by atoms with van der Waals surface area (Å²) in [5.41, 5.74) is 4.70. The molecule has 0 spiro atoms. The van der Waals surface area contributed by atoms with E-state index < -0.39 is 0 Å². The number of aromatic nitrogens is 4. The molecule has 6 nitrogen and oxygen atoms in total. The molecule has 0 bridgehead atoms. The van der Waals surface area contributed by atoms with Crippen molar-refractivity contribution in [1.82, 2.24) is 19.7 Å². The molecule has 3 aromatic heterocycles. The van der Waals surface area contributed by atoms with Crippen molar-refractivity contribution in [3.63, 3.8) is 0 Å². The largest absolute Gasteiger partial charge is 0.493 e. The van der Waals surface area contributed by atoms with Crippen LogP contribution in [0.4, 0.5) is 0 Å². The van der Waals surface area contributed by atoms with Crippen molar-refractivity contribution < 1.29 is 9.53 Å². The second-order valence-electron chi connectivity index (χ2n) is 7.74. The number of pyridine rings is 2. The number of carbonyl (C=O) groups is 1. The zero-order chi connectivity index (χ0) is 20.5. The Labute approximate surface area is 174 Å². The van der Waals surface area contributed by atoms with E-state index in [0.29, 0.717) is 19.4 Å². The lowest BCUT2D eigenvalue weighted by atomic mass is 9.88. The molecule has 4 heterocycles. The molecule has 1 aromatic carbocycles. The SMILES string of the molecule is Cc1cc(-n2ncc3cc(CC(=O)CC4CCOc5ccccc54)ncc32)ccn1. The van der Waals surface area contributed by atoms with Crippen molar-refractivity contribution in [1.29, 1.82) is 0 Å². The number of ether oxygens (including phenoxy) is 1. The van der Waals surface area contributed by atoms with Crippen LogP contribution < -0.4 is 4.74 Å². The molecule has 0 N–H and O–H groups in total. The minimum absolute atomic E-state index is 0.195. The van der Waals surface area contributed by atoms with Gasteiger partial charge in [-0.1, -0.05) is 18.2 Å². The van der Waals surface area contributed by atoms with Crippen LogP contribution in [0.5, 0.6) is 5.75 Å². The van der Waals surface area contributed by atoms with Gasteiger partial charge in [0.2, 0.25) is 0 Å². The summed E-state index contributed by atoms with van der Waals surface area (Å²) in [7, 11) is 0. The number of hydrogen-bond acceptors (Lipinski definition) is 5. The van der Waals surface area contributed by atoms with Gasteiger partial charge in [-0.2, -0.15) is 5.10 Å². The van der Waals surface area contributed by atoms with Gasteiger partial charge < -0.3 is 4.74 Å². The van der Waals surface area contributed by atoms with E-state index in [9.17, 15) is 4.79 Å². The Hall–Kier alpha value is -3.54. The number of aryl methyl sites for hydroxylation is 1. The monoisotopic (exact) mass is 398 g/mol. The maximum Gasteiger partial charge on any atom is 0.139 e. The molecule has 1 atom stereocenters. The molecule has 6 heteroatoms. The summed E-state index contributed by atoms with van der Waals surface area (Å²) >= 11 is 0. The first-order valence-electron chi connectivity index (χ1n) is 10.2. The maximum atomic E-state index is 12.8. The summed E-state index contributed by atoms with van der Waals surface area (Å²) in [6, 6.07) is 13.9. The van der Waals surface area contributed by atoms with Gasteiger partial charge in [-0.05, 0) is 49.1 Å². The van der Waals surface area contributed by atoms with Crippen LogP contribution in [0.25, 0.3) is 16.6 Å². The molecule has 0 amide bonds. The van der Waals surface area contributed by atoms with E-state index in [4.69, 9.17) is 4.74 Å². The summed E-state index contributed by atoms with van der Waals surface area (Å²) in [6.45, 7) is 2.61. The molecule has 5 rings (SSSR count). The number of nitrogens with zero attached hydrogens (tertiary/aromatic N) is 4. The average Bonchev–Trinajstić information content (AvgIpc) is 3.17. The standard InChI is InChI=1S/C24H22N4O2/c1-16-10-20(6-8-25-16)28-23-15-26-19(11-18(23)14-27-28)13-21(29)12-17-7-9-30-24-5-3-2-4-22(17)24/h2-6,8,10-11,14-15,17H,7,9,12-13H2,1H3. The van der Waals surface area contributed by atoms with Crippen LogP contribution >= 0.6 is 0 Å².